The first-order valence-corrected chi connectivity index (χ1v) is 6.19. The largest absolute Gasteiger partial charge is 0.480 e. The normalized spacial score (nSPS) is 10.1. The molecule has 110 valence electrons. The zero-order chi connectivity index (χ0) is 15.0. The van der Waals surface area contributed by atoms with Gasteiger partial charge in [0.05, 0.1) is 18.8 Å². The number of hydrogen-bond acceptors (Lipinski definition) is 4. The van der Waals surface area contributed by atoms with E-state index in [0.29, 0.717) is 0 Å². The van der Waals surface area contributed by atoms with Crippen LogP contribution in [-0.2, 0) is 16.1 Å². The lowest BCUT2D eigenvalue weighted by Crippen LogP contribution is -2.44. The maximum Gasteiger partial charge on any atom is 0.323 e. The lowest BCUT2D eigenvalue weighted by molar-refractivity contribution is -0.137. The number of urea groups is 1. The van der Waals surface area contributed by atoms with Gasteiger partial charge in [0.15, 0.2) is 0 Å². The number of aliphatic carboxylic acids is 1. The van der Waals surface area contributed by atoms with Crippen LogP contribution >= 0.6 is 0 Å². The zero-order valence-corrected chi connectivity index (χ0v) is 11.6. The number of ether oxygens (including phenoxy) is 1. The fourth-order valence-electron chi connectivity index (χ4n) is 1.59. The molecule has 0 atom stereocenters. The van der Waals surface area contributed by atoms with Crippen LogP contribution in [0.5, 0.6) is 0 Å². The Balaban J connectivity index is 2.54. The van der Waals surface area contributed by atoms with Gasteiger partial charge in [-0.25, -0.2) is 4.79 Å². The third-order valence-corrected chi connectivity index (χ3v) is 2.55. The second-order valence-electron chi connectivity index (χ2n) is 4.24. The standard InChI is InChI=1S/C13H19N3O4/c1-10-4-3-5-11(15-10)8-14-13(19)16(6-7-20-2)9-12(17)18/h3-5H,6-9H2,1-2H3,(H,14,19)(H,17,18). The number of carboxylic acids is 1. The first-order valence-electron chi connectivity index (χ1n) is 6.19. The molecule has 7 nitrogen and oxygen atoms in total. The first kappa shape index (κ1) is 15.9. The van der Waals surface area contributed by atoms with Crippen molar-refractivity contribution in [3.8, 4) is 0 Å². The Labute approximate surface area is 117 Å². The van der Waals surface area contributed by atoms with E-state index in [2.05, 4.69) is 10.3 Å². The molecule has 0 unspecified atom stereocenters. The average Bonchev–Trinajstić information content (AvgIpc) is 2.40. The van der Waals surface area contributed by atoms with E-state index < -0.39 is 12.0 Å². The Hall–Kier alpha value is -2.15. The number of carbonyl (C=O) groups is 2. The van der Waals surface area contributed by atoms with Crippen molar-refractivity contribution in [3.05, 3.63) is 29.6 Å². The molecule has 20 heavy (non-hydrogen) atoms. The van der Waals surface area contributed by atoms with Crippen LogP contribution in [0.3, 0.4) is 0 Å². The minimum absolute atomic E-state index is 0.218. The molecule has 1 aromatic rings. The van der Waals surface area contributed by atoms with Crippen molar-refractivity contribution in [2.75, 3.05) is 26.8 Å². The summed E-state index contributed by atoms with van der Waals surface area (Å²) >= 11 is 0. The van der Waals surface area contributed by atoms with Crippen molar-refractivity contribution >= 4 is 12.0 Å². The van der Waals surface area contributed by atoms with Crippen LogP contribution in [0.2, 0.25) is 0 Å². The van der Waals surface area contributed by atoms with Gasteiger partial charge in [0.1, 0.15) is 6.54 Å². The molecule has 0 saturated heterocycles. The highest BCUT2D eigenvalue weighted by atomic mass is 16.5. The fourth-order valence-corrected chi connectivity index (χ4v) is 1.59. The van der Waals surface area contributed by atoms with E-state index in [1.165, 1.54) is 12.0 Å². The lowest BCUT2D eigenvalue weighted by Gasteiger charge is -2.20. The second-order valence-corrected chi connectivity index (χ2v) is 4.24. The molecule has 0 aliphatic carbocycles. The summed E-state index contributed by atoms with van der Waals surface area (Å²) in [5.41, 5.74) is 1.58. The van der Waals surface area contributed by atoms with Crippen LogP contribution in [0.15, 0.2) is 18.2 Å². The third-order valence-electron chi connectivity index (χ3n) is 2.55. The van der Waals surface area contributed by atoms with Crippen molar-refractivity contribution in [2.24, 2.45) is 0 Å². The molecule has 0 fully saturated rings. The van der Waals surface area contributed by atoms with E-state index >= 15 is 0 Å². The molecule has 0 aromatic carbocycles. The number of hydrogen-bond donors (Lipinski definition) is 2. The van der Waals surface area contributed by atoms with Crippen molar-refractivity contribution in [3.63, 3.8) is 0 Å². The molecule has 0 aliphatic rings. The monoisotopic (exact) mass is 281 g/mol. The Kier molecular flexibility index (Phi) is 6.45. The quantitative estimate of drug-likeness (QED) is 0.765. The van der Waals surface area contributed by atoms with Crippen LogP contribution in [0.1, 0.15) is 11.4 Å². The zero-order valence-electron chi connectivity index (χ0n) is 11.6. The van der Waals surface area contributed by atoms with Gasteiger partial charge < -0.3 is 20.1 Å². The first-order chi connectivity index (χ1) is 9.52. The summed E-state index contributed by atoms with van der Waals surface area (Å²) in [5, 5.41) is 11.4. The van der Waals surface area contributed by atoms with Crippen LogP contribution in [-0.4, -0.2) is 53.8 Å². The molecule has 7 heteroatoms. The number of carbonyl (C=O) groups excluding carboxylic acids is 1. The van der Waals surface area contributed by atoms with Crippen molar-refractivity contribution in [1.82, 2.24) is 15.2 Å². The molecular weight excluding hydrogens is 262 g/mol. The Morgan fingerprint density at radius 1 is 1.45 bits per heavy atom. The van der Waals surface area contributed by atoms with Gasteiger partial charge >= 0.3 is 12.0 Å². The predicted octanol–water partition coefficient (Wildman–Crippen LogP) is 0.633. The summed E-state index contributed by atoms with van der Waals surface area (Å²) in [6.07, 6.45) is 0. The summed E-state index contributed by atoms with van der Waals surface area (Å²) in [6, 6.07) is 5.06. The highest BCUT2D eigenvalue weighted by Crippen LogP contribution is 1.98. The van der Waals surface area contributed by atoms with Gasteiger partial charge in [-0.05, 0) is 19.1 Å². The molecule has 1 heterocycles. The number of methoxy groups -OCH3 is 1. The molecule has 0 bridgehead atoms. The van der Waals surface area contributed by atoms with Crippen LogP contribution < -0.4 is 5.32 Å². The summed E-state index contributed by atoms with van der Waals surface area (Å²) < 4.78 is 4.86. The molecule has 1 rings (SSSR count). The number of amides is 2. The van der Waals surface area contributed by atoms with Crippen LogP contribution in [0.25, 0.3) is 0 Å². The van der Waals surface area contributed by atoms with Crippen molar-refractivity contribution < 1.29 is 19.4 Å². The van der Waals surface area contributed by atoms with Gasteiger partial charge in [0, 0.05) is 19.3 Å². The molecule has 0 saturated carbocycles. The third kappa shape index (κ3) is 5.66. The highest BCUT2D eigenvalue weighted by Gasteiger charge is 2.16. The molecule has 0 aliphatic heterocycles. The Morgan fingerprint density at radius 2 is 2.20 bits per heavy atom. The van der Waals surface area contributed by atoms with Gasteiger partial charge in [0.25, 0.3) is 0 Å². The molecular formula is C13H19N3O4. The topological polar surface area (TPSA) is 91.8 Å². The number of pyridine rings is 1. The number of nitrogens with one attached hydrogen (secondary N) is 1. The second kappa shape index (κ2) is 8.11. The van der Waals surface area contributed by atoms with Gasteiger partial charge in [-0.1, -0.05) is 6.07 Å². The van der Waals surface area contributed by atoms with Crippen LogP contribution in [0.4, 0.5) is 4.79 Å². The summed E-state index contributed by atoms with van der Waals surface area (Å²) in [6.45, 7) is 2.25. The van der Waals surface area contributed by atoms with E-state index in [0.717, 1.165) is 11.4 Å². The summed E-state index contributed by atoms with van der Waals surface area (Å²) in [7, 11) is 1.49. The lowest BCUT2D eigenvalue weighted by atomic mass is 10.3. The van der Waals surface area contributed by atoms with Gasteiger partial charge in [-0.2, -0.15) is 0 Å². The number of aromatic nitrogens is 1. The molecule has 0 radical (unpaired) electrons. The summed E-state index contributed by atoms with van der Waals surface area (Å²) in [5.74, 6) is -1.06. The number of nitrogens with zero attached hydrogens (tertiary/aromatic N) is 2. The van der Waals surface area contributed by atoms with Crippen molar-refractivity contribution in [1.29, 1.82) is 0 Å². The fraction of sp³-hybridized carbons (Fsp3) is 0.462. The van der Waals surface area contributed by atoms with E-state index in [9.17, 15) is 9.59 Å². The molecule has 1 aromatic heterocycles. The van der Waals surface area contributed by atoms with E-state index in [4.69, 9.17) is 9.84 Å². The van der Waals surface area contributed by atoms with Gasteiger partial charge in [0.2, 0.25) is 0 Å². The number of rotatable bonds is 7. The van der Waals surface area contributed by atoms with Crippen molar-refractivity contribution in [2.45, 2.75) is 13.5 Å². The Bertz CT molecular complexity index is 465. The summed E-state index contributed by atoms with van der Waals surface area (Å²) in [4.78, 5) is 28.1. The maximum absolute atomic E-state index is 11.9. The average molecular weight is 281 g/mol. The van der Waals surface area contributed by atoms with Gasteiger partial charge in [-0.15, -0.1) is 0 Å². The van der Waals surface area contributed by atoms with E-state index in [1.807, 2.05) is 19.1 Å². The SMILES string of the molecule is COCCN(CC(=O)O)C(=O)NCc1cccc(C)n1. The van der Waals surface area contributed by atoms with Gasteiger partial charge in [-0.3, -0.25) is 9.78 Å². The Morgan fingerprint density at radius 3 is 2.80 bits per heavy atom. The highest BCUT2D eigenvalue weighted by molar-refractivity contribution is 5.80. The molecule has 0 spiro atoms. The van der Waals surface area contributed by atoms with Crippen LogP contribution in [0, 0.1) is 6.92 Å². The van der Waals surface area contributed by atoms with E-state index in [-0.39, 0.29) is 26.2 Å². The predicted molar refractivity (Wildman–Crippen MR) is 72.3 cm³/mol. The van der Waals surface area contributed by atoms with E-state index in [1.54, 1.807) is 6.07 Å². The smallest absolute Gasteiger partial charge is 0.323 e. The minimum Gasteiger partial charge on any atom is -0.480 e. The minimum atomic E-state index is -1.06. The number of carboxylic acid groups (broad SMARTS) is 1. The maximum atomic E-state index is 11.9. The number of aryl methyl sites for hydroxylation is 1. The molecule has 2 N–H and O–H groups in total. The molecule has 2 amide bonds.